The lowest BCUT2D eigenvalue weighted by atomic mass is 9.55. The Balaban J connectivity index is 0.000000325. The molecule has 0 heteroatoms. The van der Waals surface area contributed by atoms with E-state index in [2.05, 4.69) is 0 Å². The van der Waals surface area contributed by atoms with Crippen LogP contribution in [0.2, 0.25) is 0 Å². The molecular weight excluding hydrogens is 312 g/mol. The van der Waals surface area contributed by atoms with Gasteiger partial charge >= 0.3 is 0 Å². The summed E-state index contributed by atoms with van der Waals surface area (Å²) in [6.07, 6.45) is 13.3. The van der Waals surface area contributed by atoms with E-state index < -0.39 is 0 Å². The zero-order valence-electron chi connectivity index (χ0n) is 17.7. The predicted octanol–water partition coefficient (Wildman–Crippen LogP) is 6.90. The summed E-state index contributed by atoms with van der Waals surface area (Å²) in [6, 6.07) is 0. The van der Waals surface area contributed by atoms with E-state index in [1.807, 2.05) is 27.7 Å². The van der Waals surface area contributed by atoms with Crippen molar-refractivity contribution in [1.82, 2.24) is 0 Å². The molecule has 12 atom stereocenters. The monoisotopic (exact) mass is 354 g/mol. The second-order valence-corrected chi connectivity index (χ2v) is 11.3. The van der Waals surface area contributed by atoms with Crippen LogP contribution in [0.15, 0.2) is 0 Å². The smallest absolute Gasteiger partial charge is 0.0318 e. The normalized spacial score (nSPS) is 66.0. The minimum atomic E-state index is 1.21. The molecule has 12 unspecified atom stereocenters. The quantitative estimate of drug-likeness (QED) is 0.415. The van der Waals surface area contributed by atoms with Gasteiger partial charge in [-0.05, 0) is 134 Å². The van der Waals surface area contributed by atoms with Crippen molar-refractivity contribution >= 4 is 0 Å². The second-order valence-electron chi connectivity index (χ2n) is 11.3. The maximum absolute atomic E-state index is 2.00. The van der Waals surface area contributed by atoms with Crippen molar-refractivity contribution in [3.8, 4) is 0 Å². The van der Waals surface area contributed by atoms with E-state index in [0.29, 0.717) is 0 Å². The molecular formula is C26H42. The lowest BCUT2D eigenvalue weighted by Crippen LogP contribution is -2.46. The highest BCUT2D eigenvalue weighted by atomic mass is 14.8. The average Bonchev–Trinajstić information content (AvgIpc) is 3.50. The van der Waals surface area contributed by atoms with Crippen molar-refractivity contribution in [2.24, 2.45) is 82.9 Å². The Labute approximate surface area is 162 Å². The highest BCUT2D eigenvalue weighted by Gasteiger charge is 2.75. The van der Waals surface area contributed by atoms with Gasteiger partial charge in [-0.15, -0.1) is 0 Å². The van der Waals surface area contributed by atoms with Crippen LogP contribution >= 0.6 is 0 Å². The molecule has 0 saturated heterocycles. The van der Waals surface area contributed by atoms with E-state index in [1.165, 1.54) is 82.9 Å². The number of hydrogen-bond acceptors (Lipinski definition) is 0. The number of hydrogen-bond donors (Lipinski definition) is 0. The number of rotatable bonds is 0. The van der Waals surface area contributed by atoms with Crippen molar-refractivity contribution in [2.45, 2.75) is 79.1 Å². The van der Waals surface area contributed by atoms with E-state index in [4.69, 9.17) is 0 Å². The third kappa shape index (κ3) is 1.72. The molecule has 146 valence electrons. The van der Waals surface area contributed by atoms with Gasteiger partial charge in [-0.3, -0.25) is 0 Å². The molecule has 0 heterocycles. The van der Waals surface area contributed by atoms with Crippen LogP contribution in [0, 0.1) is 82.9 Å². The SMILES string of the molecule is C1CC2CC1C1C3CC(C21)C1C2CC(C4C5CCC(C5)C24)C31.CC.CC. The van der Waals surface area contributed by atoms with Crippen molar-refractivity contribution < 1.29 is 0 Å². The van der Waals surface area contributed by atoms with Crippen LogP contribution in [0.4, 0.5) is 0 Å². The molecule has 0 spiro atoms. The summed E-state index contributed by atoms with van der Waals surface area (Å²) in [7, 11) is 0. The van der Waals surface area contributed by atoms with Crippen molar-refractivity contribution in [3.05, 3.63) is 0 Å². The fraction of sp³-hybridized carbons (Fsp3) is 1.00. The van der Waals surface area contributed by atoms with Crippen LogP contribution in [0.25, 0.3) is 0 Å². The molecule has 8 fully saturated rings. The maximum atomic E-state index is 2.00. The van der Waals surface area contributed by atoms with Crippen molar-refractivity contribution in [2.75, 3.05) is 0 Å². The highest BCUT2D eigenvalue weighted by molar-refractivity contribution is 5.23. The van der Waals surface area contributed by atoms with E-state index >= 15 is 0 Å². The van der Waals surface area contributed by atoms with Crippen LogP contribution in [0.5, 0.6) is 0 Å². The molecule has 0 amide bonds. The molecule has 0 aromatic rings. The lowest BCUT2D eigenvalue weighted by Gasteiger charge is -2.50. The zero-order chi connectivity index (χ0) is 17.7. The summed E-state index contributed by atoms with van der Waals surface area (Å²) in [6.45, 7) is 8.00. The van der Waals surface area contributed by atoms with Gasteiger partial charge < -0.3 is 0 Å². The van der Waals surface area contributed by atoms with Crippen LogP contribution in [-0.2, 0) is 0 Å². The summed E-state index contributed by atoms with van der Waals surface area (Å²) >= 11 is 0. The molecule has 8 aliphatic carbocycles. The van der Waals surface area contributed by atoms with Crippen LogP contribution in [-0.4, -0.2) is 0 Å². The van der Waals surface area contributed by atoms with Crippen molar-refractivity contribution in [1.29, 1.82) is 0 Å². The lowest BCUT2D eigenvalue weighted by molar-refractivity contribution is -0.0291. The second kappa shape index (κ2) is 5.76. The molecule has 0 N–H and O–H groups in total. The Morgan fingerprint density at radius 3 is 0.885 bits per heavy atom. The summed E-state index contributed by atoms with van der Waals surface area (Å²) in [5, 5.41) is 0. The summed E-state index contributed by atoms with van der Waals surface area (Å²) < 4.78 is 0. The molecule has 0 aromatic carbocycles. The molecule has 8 rings (SSSR count). The Hall–Kier alpha value is 0. The molecule has 8 bridgehead atoms. The largest absolute Gasteiger partial charge is 0.0683 e. The Morgan fingerprint density at radius 2 is 0.615 bits per heavy atom. The Morgan fingerprint density at radius 1 is 0.346 bits per heavy atom. The van der Waals surface area contributed by atoms with Gasteiger partial charge in [-0.2, -0.15) is 0 Å². The first-order chi connectivity index (χ1) is 12.9. The van der Waals surface area contributed by atoms with Gasteiger partial charge in [0.05, 0.1) is 0 Å². The maximum Gasteiger partial charge on any atom is -0.0318 e. The van der Waals surface area contributed by atoms with Gasteiger partial charge in [0.25, 0.3) is 0 Å². The van der Waals surface area contributed by atoms with Gasteiger partial charge in [-0.1, -0.05) is 27.7 Å². The molecule has 0 radical (unpaired) electrons. The first-order valence-electron chi connectivity index (χ1n) is 12.9. The van der Waals surface area contributed by atoms with E-state index in [1.54, 1.807) is 51.4 Å². The van der Waals surface area contributed by atoms with Gasteiger partial charge in [0.2, 0.25) is 0 Å². The van der Waals surface area contributed by atoms with E-state index in [-0.39, 0.29) is 0 Å². The standard InChI is InChI=1S/C22H30.2C2H6/c1-2-10-5-9(1)17-13-7-14(18(10)17)22-16-8-15(21(13)22)19-11-3-4-12(6-11)20(16)19;2*1-2/h9-22H,1-8H2;2*1-2H3. The first kappa shape index (κ1) is 16.9. The minimum Gasteiger partial charge on any atom is -0.0683 e. The Bertz CT molecular complexity index is 470. The Kier molecular flexibility index (Phi) is 3.75. The fourth-order valence-electron chi connectivity index (χ4n) is 12.0. The summed E-state index contributed by atoms with van der Waals surface area (Å²) in [5.41, 5.74) is 0. The van der Waals surface area contributed by atoms with Crippen LogP contribution in [0.3, 0.4) is 0 Å². The molecule has 0 aliphatic heterocycles. The molecule has 0 nitrogen and oxygen atoms in total. The van der Waals surface area contributed by atoms with E-state index in [9.17, 15) is 0 Å². The fourth-order valence-corrected chi connectivity index (χ4v) is 12.0. The van der Waals surface area contributed by atoms with Gasteiger partial charge in [0.1, 0.15) is 0 Å². The number of fused-ring (bicyclic) bond motifs is 23. The summed E-state index contributed by atoms with van der Waals surface area (Å²) in [4.78, 5) is 0. The van der Waals surface area contributed by atoms with Gasteiger partial charge in [0.15, 0.2) is 0 Å². The molecule has 8 aliphatic rings. The zero-order valence-corrected chi connectivity index (χ0v) is 17.7. The minimum absolute atomic E-state index is 1.21. The topological polar surface area (TPSA) is 0 Å². The average molecular weight is 355 g/mol. The molecule has 8 saturated carbocycles. The first-order valence-corrected chi connectivity index (χ1v) is 12.9. The molecule has 0 aromatic heterocycles. The molecule has 26 heavy (non-hydrogen) atoms. The van der Waals surface area contributed by atoms with Crippen LogP contribution in [0.1, 0.15) is 79.1 Å². The summed E-state index contributed by atoms with van der Waals surface area (Å²) in [5.74, 6) is 17.3. The van der Waals surface area contributed by atoms with Crippen LogP contribution < -0.4 is 0 Å². The highest BCUT2D eigenvalue weighted by Crippen LogP contribution is 2.81. The third-order valence-electron chi connectivity index (χ3n) is 11.6. The van der Waals surface area contributed by atoms with Gasteiger partial charge in [0, 0.05) is 0 Å². The van der Waals surface area contributed by atoms with Crippen molar-refractivity contribution in [3.63, 3.8) is 0 Å². The van der Waals surface area contributed by atoms with Gasteiger partial charge in [-0.25, -0.2) is 0 Å². The van der Waals surface area contributed by atoms with E-state index in [0.717, 1.165) is 0 Å². The predicted molar refractivity (Wildman–Crippen MR) is 108 cm³/mol. The third-order valence-corrected chi connectivity index (χ3v) is 11.6.